The number of hydrogen-bond acceptors (Lipinski definition) is 3. The molecule has 0 saturated carbocycles. The average molecular weight is 251 g/mol. The molecule has 19 heavy (non-hydrogen) atoms. The molecule has 0 aliphatic carbocycles. The van der Waals surface area contributed by atoms with E-state index in [1.807, 2.05) is 60.7 Å². The first-order valence-corrected chi connectivity index (χ1v) is 6.22. The lowest BCUT2D eigenvalue weighted by atomic mass is 10.0. The Morgan fingerprint density at radius 1 is 0.947 bits per heavy atom. The lowest BCUT2D eigenvalue weighted by molar-refractivity contribution is -0.136. The fourth-order valence-electron chi connectivity index (χ4n) is 2.10. The minimum Gasteiger partial charge on any atom is -0.407 e. The van der Waals surface area contributed by atoms with E-state index in [-0.39, 0.29) is 12.0 Å². The number of rotatable bonds is 2. The molecule has 1 atom stereocenters. The van der Waals surface area contributed by atoms with Crippen molar-refractivity contribution in [2.24, 2.45) is 4.99 Å². The number of carbonyl (C=O) groups excluding carboxylic acids is 1. The minimum absolute atomic E-state index is 0.155. The van der Waals surface area contributed by atoms with E-state index in [0.717, 1.165) is 11.1 Å². The normalized spacial score (nSPS) is 18.6. The number of ether oxygens (including phenoxy) is 1. The molecule has 0 fully saturated rings. The Balaban J connectivity index is 1.97. The molecule has 0 bridgehead atoms. The zero-order valence-electron chi connectivity index (χ0n) is 10.3. The maximum atomic E-state index is 11.7. The summed E-state index contributed by atoms with van der Waals surface area (Å²) in [5.41, 5.74) is 1.86. The van der Waals surface area contributed by atoms with Crippen molar-refractivity contribution in [3.63, 3.8) is 0 Å². The SMILES string of the molecule is O=C1CC(c2ccccc2)N=C(c2ccccc2)O1. The lowest BCUT2D eigenvalue weighted by Gasteiger charge is -2.20. The second-order valence-corrected chi connectivity index (χ2v) is 4.40. The van der Waals surface area contributed by atoms with Crippen molar-refractivity contribution in [3.05, 3.63) is 71.8 Å². The predicted molar refractivity (Wildman–Crippen MR) is 72.9 cm³/mol. The van der Waals surface area contributed by atoms with Crippen molar-refractivity contribution in [1.29, 1.82) is 0 Å². The summed E-state index contributed by atoms with van der Waals surface area (Å²) in [6.07, 6.45) is 0.292. The van der Waals surface area contributed by atoms with Crippen LogP contribution < -0.4 is 0 Å². The molecule has 0 spiro atoms. The fourth-order valence-corrected chi connectivity index (χ4v) is 2.10. The Labute approximate surface area is 111 Å². The first-order valence-electron chi connectivity index (χ1n) is 6.22. The summed E-state index contributed by atoms with van der Waals surface area (Å²) in [6.45, 7) is 0. The van der Waals surface area contributed by atoms with Gasteiger partial charge in [-0.15, -0.1) is 0 Å². The fraction of sp³-hybridized carbons (Fsp3) is 0.125. The average Bonchev–Trinajstić information content (AvgIpc) is 2.48. The molecular formula is C16H13NO2. The zero-order valence-corrected chi connectivity index (χ0v) is 10.3. The largest absolute Gasteiger partial charge is 0.407 e. The van der Waals surface area contributed by atoms with E-state index in [9.17, 15) is 4.79 Å². The van der Waals surface area contributed by atoms with Gasteiger partial charge in [0.1, 0.15) is 0 Å². The van der Waals surface area contributed by atoms with Crippen LogP contribution in [0.25, 0.3) is 0 Å². The summed E-state index contributed by atoms with van der Waals surface area (Å²) in [4.78, 5) is 16.3. The molecule has 1 aliphatic heterocycles. The van der Waals surface area contributed by atoms with Gasteiger partial charge in [-0.1, -0.05) is 48.5 Å². The number of hydrogen-bond donors (Lipinski definition) is 0. The van der Waals surface area contributed by atoms with Gasteiger partial charge in [0.15, 0.2) is 0 Å². The third kappa shape index (κ3) is 2.55. The van der Waals surface area contributed by atoms with Crippen LogP contribution in [0.5, 0.6) is 0 Å². The van der Waals surface area contributed by atoms with Gasteiger partial charge in [0.2, 0.25) is 5.90 Å². The summed E-state index contributed by atoms with van der Waals surface area (Å²) >= 11 is 0. The number of cyclic esters (lactones) is 1. The van der Waals surface area contributed by atoms with Crippen LogP contribution in [0.2, 0.25) is 0 Å². The summed E-state index contributed by atoms with van der Waals surface area (Å²) in [5, 5.41) is 0. The van der Waals surface area contributed by atoms with Gasteiger partial charge in [0.05, 0.1) is 12.5 Å². The Hall–Kier alpha value is -2.42. The second-order valence-electron chi connectivity index (χ2n) is 4.40. The Morgan fingerprint density at radius 3 is 2.26 bits per heavy atom. The van der Waals surface area contributed by atoms with Gasteiger partial charge in [-0.05, 0) is 17.7 Å². The van der Waals surface area contributed by atoms with Crippen molar-refractivity contribution in [1.82, 2.24) is 0 Å². The third-order valence-corrected chi connectivity index (χ3v) is 3.05. The molecule has 3 nitrogen and oxygen atoms in total. The van der Waals surface area contributed by atoms with Gasteiger partial charge in [-0.2, -0.15) is 0 Å². The third-order valence-electron chi connectivity index (χ3n) is 3.05. The monoisotopic (exact) mass is 251 g/mol. The Morgan fingerprint density at radius 2 is 1.58 bits per heavy atom. The number of benzene rings is 2. The minimum atomic E-state index is -0.234. The molecule has 0 N–H and O–H groups in total. The van der Waals surface area contributed by atoms with E-state index in [2.05, 4.69) is 4.99 Å². The van der Waals surface area contributed by atoms with Crippen LogP contribution in [0.3, 0.4) is 0 Å². The highest BCUT2D eigenvalue weighted by Crippen LogP contribution is 2.26. The van der Waals surface area contributed by atoms with E-state index >= 15 is 0 Å². The van der Waals surface area contributed by atoms with Crippen LogP contribution in [0.1, 0.15) is 23.6 Å². The van der Waals surface area contributed by atoms with Gasteiger partial charge in [0, 0.05) is 5.56 Å². The van der Waals surface area contributed by atoms with Crippen molar-refractivity contribution in [3.8, 4) is 0 Å². The molecule has 1 heterocycles. The molecular weight excluding hydrogens is 238 g/mol. The number of carbonyl (C=O) groups is 1. The molecule has 0 amide bonds. The van der Waals surface area contributed by atoms with E-state index < -0.39 is 0 Å². The molecule has 2 aromatic carbocycles. The highest BCUT2D eigenvalue weighted by atomic mass is 16.5. The van der Waals surface area contributed by atoms with Crippen LogP contribution >= 0.6 is 0 Å². The van der Waals surface area contributed by atoms with Crippen LogP contribution in [0.15, 0.2) is 65.7 Å². The number of nitrogens with zero attached hydrogens (tertiary/aromatic N) is 1. The zero-order chi connectivity index (χ0) is 13.1. The van der Waals surface area contributed by atoms with Gasteiger partial charge in [-0.25, -0.2) is 4.99 Å². The number of esters is 1. The van der Waals surface area contributed by atoms with Crippen LogP contribution in [0.4, 0.5) is 0 Å². The van der Waals surface area contributed by atoms with Crippen molar-refractivity contribution < 1.29 is 9.53 Å². The molecule has 3 heteroatoms. The first-order chi connectivity index (χ1) is 9.33. The van der Waals surface area contributed by atoms with Crippen molar-refractivity contribution in [2.45, 2.75) is 12.5 Å². The maximum absolute atomic E-state index is 11.7. The molecule has 0 aromatic heterocycles. The number of aliphatic imine (C=N–C) groups is 1. The highest BCUT2D eigenvalue weighted by molar-refractivity contribution is 6.02. The Kier molecular flexibility index (Phi) is 3.11. The molecule has 94 valence electrons. The van der Waals surface area contributed by atoms with Gasteiger partial charge in [0.25, 0.3) is 0 Å². The van der Waals surface area contributed by atoms with E-state index in [4.69, 9.17) is 4.74 Å². The molecule has 3 rings (SSSR count). The van der Waals surface area contributed by atoms with E-state index in [0.29, 0.717) is 12.3 Å². The van der Waals surface area contributed by atoms with E-state index in [1.54, 1.807) is 0 Å². The van der Waals surface area contributed by atoms with Gasteiger partial charge >= 0.3 is 5.97 Å². The molecule has 1 aliphatic rings. The maximum Gasteiger partial charge on any atom is 0.315 e. The van der Waals surface area contributed by atoms with Crippen molar-refractivity contribution >= 4 is 11.9 Å². The molecule has 0 saturated heterocycles. The highest BCUT2D eigenvalue weighted by Gasteiger charge is 2.24. The van der Waals surface area contributed by atoms with E-state index in [1.165, 1.54) is 0 Å². The van der Waals surface area contributed by atoms with Crippen molar-refractivity contribution in [2.75, 3.05) is 0 Å². The van der Waals surface area contributed by atoms with Crippen LogP contribution in [-0.4, -0.2) is 11.9 Å². The molecule has 0 radical (unpaired) electrons. The quantitative estimate of drug-likeness (QED) is 0.769. The van der Waals surface area contributed by atoms with Gasteiger partial charge in [-0.3, -0.25) is 4.79 Å². The summed E-state index contributed by atoms with van der Waals surface area (Å²) in [5.74, 6) is 0.174. The smallest absolute Gasteiger partial charge is 0.315 e. The summed E-state index contributed by atoms with van der Waals surface area (Å²) in [6, 6.07) is 19.2. The summed E-state index contributed by atoms with van der Waals surface area (Å²) < 4.78 is 5.24. The Bertz CT molecular complexity index is 605. The van der Waals surface area contributed by atoms with Crippen LogP contribution in [0, 0.1) is 0 Å². The van der Waals surface area contributed by atoms with Crippen LogP contribution in [-0.2, 0) is 9.53 Å². The summed E-state index contributed by atoms with van der Waals surface area (Å²) in [7, 11) is 0. The second kappa shape index (κ2) is 5.06. The standard InChI is InChI=1S/C16H13NO2/c18-15-11-14(12-7-3-1-4-8-12)17-16(19-15)13-9-5-2-6-10-13/h1-10,14H,11H2. The molecule has 2 aromatic rings. The predicted octanol–water partition coefficient (Wildman–Crippen LogP) is 3.12. The topological polar surface area (TPSA) is 38.7 Å². The van der Waals surface area contributed by atoms with Gasteiger partial charge < -0.3 is 4.74 Å². The first kappa shape index (κ1) is 11.7. The molecule has 1 unspecified atom stereocenters. The lowest BCUT2D eigenvalue weighted by Crippen LogP contribution is -2.22.